The molecule has 1 heterocycles. The maximum absolute atomic E-state index is 13.9. The van der Waals surface area contributed by atoms with E-state index < -0.39 is 6.10 Å². The van der Waals surface area contributed by atoms with Gasteiger partial charge in [0.05, 0.1) is 6.10 Å². The number of likely N-dealkylation sites (N-methyl/N-ethyl adjacent to an activating group) is 1. The van der Waals surface area contributed by atoms with Gasteiger partial charge in [0.1, 0.15) is 5.82 Å². The van der Waals surface area contributed by atoms with Crippen LogP contribution in [0.2, 0.25) is 0 Å². The van der Waals surface area contributed by atoms with Gasteiger partial charge in [0.2, 0.25) is 0 Å². The molecule has 0 radical (unpaired) electrons. The van der Waals surface area contributed by atoms with Crippen LogP contribution in [0.3, 0.4) is 0 Å². The van der Waals surface area contributed by atoms with Gasteiger partial charge in [0, 0.05) is 36.2 Å². The number of halogens is 1. The minimum absolute atomic E-state index is 0.246. The lowest BCUT2D eigenvalue weighted by Crippen LogP contribution is -2.27. The number of hydrogen-bond donors (Lipinski definition) is 1. The minimum atomic E-state index is -0.415. The van der Waals surface area contributed by atoms with Crippen LogP contribution in [0.5, 0.6) is 0 Å². The molecule has 2 aromatic carbocycles. The molecule has 136 valence electrons. The monoisotopic (exact) mass is 352 g/mol. The van der Waals surface area contributed by atoms with Gasteiger partial charge in [-0.2, -0.15) is 0 Å². The van der Waals surface area contributed by atoms with E-state index in [0.29, 0.717) is 19.6 Å². The van der Waals surface area contributed by atoms with Crippen molar-refractivity contribution in [1.82, 2.24) is 9.47 Å². The highest BCUT2D eigenvalue weighted by atomic mass is 19.1. The van der Waals surface area contributed by atoms with Crippen LogP contribution in [0, 0.1) is 5.82 Å². The van der Waals surface area contributed by atoms with E-state index in [0.717, 1.165) is 22.2 Å². The molecular formula is C22H25FN2O. The highest BCUT2D eigenvalue weighted by Gasteiger charge is 2.18. The second-order valence-electron chi connectivity index (χ2n) is 6.85. The molecule has 1 atom stereocenters. The van der Waals surface area contributed by atoms with E-state index in [2.05, 4.69) is 23.3 Å². The Morgan fingerprint density at radius 2 is 1.96 bits per heavy atom. The van der Waals surface area contributed by atoms with Crippen LogP contribution in [-0.4, -0.2) is 34.3 Å². The van der Waals surface area contributed by atoms with Crippen LogP contribution >= 0.6 is 0 Å². The highest BCUT2D eigenvalue weighted by Crippen LogP contribution is 2.30. The second-order valence-corrected chi connectivity index (χ2v) is 6.85. The van der Waals surface area contributed by atoms with Crippen LogP contribution in [0.4, 0.5) is 4.39 Å². The van der Waals surface area contributed by atoms with E-state index in [4.69, 9.17) is 0 Å². The fourth-order valence-corrected chi connectivity index (χ4v) is 3.54. The normalized spacial score (nSPS) is 12.7. The van der Waals surface area contributed by atoms with Crippen molar-refractivity contribution in [3.63, 3.8) is 0 Å². The Bertz CT molecular complexity index is 899. The SMILES string of the molecule is C=Cc1c(CN(C)CC(C)O)c2cc(F)ccc2n1Cc1ccccc1. The Balaban J connectivity index is 2.10. The van der Waals surface area contributed by atoms with Crippen LogP contribution in [0.15, 0.2) is 55.1 Å². The van der Waals surface area contributed by atoms with E-state index in [1.807, 2.05) is 42.3 Å². The molecular weight excluding hydrogens is 327 g/mol. The van der Waals surface area contributed by atoms with Gasteiger partial charge in [-0.25, -0.2) is 4.39 Å². The fraction of sp³-hybridized carbons (Fsp3) is 0.273. The Morgan fingerprint density at radius 3 is 2.62 bits per heavy atom. The van der Waals surface area contributed by atoms with Gasteiger partial charge in [-0.05, 0) is 49.4 Å². The number of aliphatic hydroxyl groups is 1. The molecule has 0 saturated carbocycles. The molecule has 3 rings (SSSR count). The van der Waals surface area contributed by atoms with Crippen molar-refractivity contribution in [2.24, 2.45) is 0 Å². The first-order valence-corrected chi connectivity index (χ1v) is 8.83. The van der Waals surface area contributed by atoms with Crippen molar-refractivity contribution < 1.29 is 9.50 Å². The molecule has 1 aromatic heterocycles. The standard InChI is InChI=1S/C22H25FN2O/c1-4-21-20(15-24(3)13-16(2)26)19-12-18(23)10-11-22(19)25(21)14-17-8-6-5-7-9-17/h4-12,16,26H,1,13-15H2,2-3H3. The predicted octanol–water partition coefficient (Wildman–Crippen LogP) is 4.28. The Kier molecular flexibility index (Phi) is 5.55. The Morgan fingerprint density at radius 1 is 1.23 bits per heavy atom. The summed E-state index contributed by atoms with van der Waals surface area (Å²) in [5.41, 5.74) is 4.20. The summed E-state index contributed by atoms with van der Waals surface area (Å²) in [6.45, 7) is 7.64. The summed E-state index contributed by atoms with van der Waals surface area (Å²) in [6, 6.07) is 15.1. The molecule has 0 bridgehead atoms. The molecule has 0 spiro atoms. The third kappa shape index (κ3) is 3.87. The molecule has 26 heavy (non-hydrogen) atoms. The van der Waals surface area contributed by atoms with E-state index in [1.165, 1.54) is 11.6 Å². The van der Waals surface area contributed by atoms with Gasteiger partial charge in [-0.3, -0.25) is 4.90 Å². The number of aromatic nitrogens is 1. The smallest absolute Gasteiger partial charge is 0.123 e. The number of hydrogen-bond acceptors (Lipinski definition) is 2. The van der Waals surface area contributed by atoms with Gasteiger partial charge < -0.3 is 9.67 Å². The fourth-order valence-electron chi connectivity index (χ4n) is 3.54. The molecule has 0 aliphatic carbocycles. The van der Waals surface area contributed by atoms with Crippen molar-refractivity contribution in [3.8, 4) is 0 Å². The topological polar surface area (TPSA) is 28.4 Å². The first kappa shape index (κ1) is 18.4. The third-order valence-corrected chi connectivity index (χ3v) is 4.56. The lowest BCUT2D eigenvalue weighted by molar-refractivity contribution is 0.138. The third-order valence-electron chi connectivity index (χ3n) is 4.56. The molecule has 4 heteroatoms. The van der Waals surface area contributed by atoms with Gasteiger partial charge in [0.15, 0.2) is 0 Å². The molecule has 0 saturated heterocycles. The zero-order chi connectivity index (χ0) is 18.7. The molecule has 1 N–H and O–H groups in total. The quantitative estimate of drug-likeness (QED) is 0.687. The molecule has 3 nitrogen and oxygen atoms in total. The lowest BCUT2D eigenvalue weighted by atomic mass is 10.1. The van der Waals surface area contributed by atoms with Crippen molar-refractivity contribution in [2.75, 3.05) is 13.6 Å². The summed E-state index contributed by atoms with van der Waals surface area (Å²) in [5, 5.41) is 10.6. The van der Waals surface area contributed by atoms with Gasteiger partial charge >= 0.3 is 0 Å². The van der Waals surface area contributed by atoms with E-state index in [9.17, 15) is 9.50 Å². The molecule has 0 aliphatic heterocycles. The lowest BCUT2D eigenvalue weighted by Gasteiger charge is -2.19. The largest absolute Gasteiger partial charge is 0.392 e. The van der Waals surface area contributed by atoms with Crippen LogP contribution in [0.25, 0.3) is 17.0 Å². The average molecular weight is 352 g/mol. The predicted molar refractivity (Wildman–Crippen MR) is 106 cm³/mol. The average Bonchev–Trinajstić information content (AvgIpc) is 2.87. The zero-order valence-corrected chi connectivity index (χ0v) is 15.3. The van der Waals surface area contributed by atoms with Gasteiger partial charge in [-0.1, -0.05) is 36.9 Å². The number of benzene rings is 2. The van der Waals surface area contributed by atoms with Crippen molar-refractivity contribution in [3.05, 3.63) is 77.7 Å². The molecule has 0 fully saturated rings. The number of aliphatic hydroxyl groups excluding tert-OH is 1. The van der Waals surface area contributed by atoms with Crippen molar-refractivity contribution in [2.45, 2.75) is 26.1 Å². The summed E-state index contributed by atoms with van der Waals surface area (Å²) in [7, 11) is 1.96. The van der Waals surface area contributed by atoms with Crippen LogP contribution in [0.1, 0.15) is 23.7 Å². The molecule has 0 aliphatic rings. The Labute approximate surface area is 154 Å². The summed E-state index contributed by atoms with van der Waals surface area (Å²) in [6.07, 6.45) is 1.42. The zero-order valence-electron chi connectivity index (χ0n) is 15.3. The first-order chi connectivity index (χ1) is 12.5. The molecule has 1 unspecified atom stereocenters. The summed E-state index contributed by atoms with van der Waals surface area (Å²) in [5.74, 6) is -0.246. The number of nitrogens with zero attached hydrogens (tertiary/aromatic N) is 2. The molecule has 3 aromatic rings. The highest BCUT2D eigenvalue weighted by molar-refractivity contribution is 5.88. The Hall–Kier alpha value is -2.43. The molecule has 0 amide bonds. The van der Waals surface area contributed by atoms with Gasteiger partial charge in [-0.15, -0.1) is 0 Å². The summed E-state index contributed by atoms with van der Waals surface area (Å²) >= 11 is 0. The maximum atomic E-state index is 13.9. The van der Waals surface area contributed by atoms with Crippen LogP contribution in [-0.2, 0) is 13.1 Å². The minimum Gasteiger partial charge on any atom is -0.392 e. The van der Waals surface area contributed by atoms with Crippen LogP contribution < -0.4 is 0 Å². The number of fused-ring (bicyclic) bond motifs is 1. The van der Waals surface area contributed by atoms with E-state index >= 15 is 0 Å². The van der Waals surface area contributed by atoms with Gasteiger partial charge in [0.25, 0.3) is 0 Å². The first-order valence-electron chi connectivity index (χ1n) is 8.83. The number of rotatable bonds is 7. The van der Waals surface area contributed by atoms with Crippen molar-refractivity contribution >= 4 is 17.0 Å². The summed E-state index contributed by atoms with van der Waals surface area (Å²) < 4.78 is 16.1. The maximum Gasteiger partial charge on any atom is 0.123 e. The summed E-state index contributed by atoms with van der Waals surface area (Å²) in [4.78, 5) is 2.05. The van der Waals surface area contributed by atoms with Crippen molar-refractivity contribution in [1.29, 1.82) is 0 Å². The van der Waals surface area contributed by atoms with E-state index in [1.54, 1.807) is 13.0 Å². The van der Waals surface area contributed by atoms with E-state index in [-0.39, 0.29) is 5.82 Å². The second kappa shape index (κ2) is 7.85.